The molecule has 0 radical (unpaired) electrons. The molecule has 0 atom stereocenters. The number of halogens is 1. The van der Waals surface area contributed by atoms with Crippen molar-refractivity contribution >= 4 is 5.82 Å². The summed E-state index contributed by atoms with van der Waals surface area (Å²) in [5, 5.41) is 3.21. The van der Waals surface area contributed by atoms with Crippen molar-refractivity contribution in [3.8, 4) is 0 Å². The number of aromatic nitrogens is 1. The normalized spacial score (nSPS) is 11.1. The minimum atomic E-state index is -0.215. The Morgan fingerprint density at radius 1 is 1.26 bits per heavy atom. The molecule has 0 unspecified atom stereocenters. The molecule has 1 rings (SSSR count). The van der Waals surface area contributed by atoms with Crippen molar-refractivity contribution < 1.29 is 4.39 Å². The third-order valence-electron chi connectivity index (χ3n) is 2.94. The van der Waals surface area contributed by atoms with Crippen LogP contribution in [0.3, 0.4) is 0 Å². The van der Waals surface area contributed by atoms with Crippen molar-refractivity contribution in [3.05, 3.63) is 23.6 Å². The maximum atomic E-state index is 14.3. The van der Waals surface area contributed by atoms with Gasteiger partial charge in [0.2, 0.25) is 0 Å². The van der Waals surface area contributed by atoms with Crippen LogP contribution >= 0.6 is 0 Å². The first-order valence-corrected chi connectivity index (χ1v) is 6.76. The van der Waals surface area contributed by atoms with Gasteiger partial charge in [0.25, 0.3) is 0 Å². The van der Waals surface area contributed by atoms with Crippen molar-refractivity contribution in [1.29, 1.82) is 0 Å². The van der Waals surface area contributed by atoms with Gasteiger partial charge in [-0.2, -0.15) is 0 Å². The summed E-state index contributed by atoms with van der Waals surface area (Å²) in [4.78, 5) is 8.08. The average molecular weight is 268 g/mol. The summed E-state index contributed by atoms with van der Waals surface area (Å²) < 4.78 is 14.3. The van der Waals surface area contributed by atoms with E-state index in [1.54, 1.807) is 12.3 Å². The quantitative estimate of drug-likeness (QED) is 0.727. The summed E-state index contributed by atoms with van der Waals surface area (Å²) in [6.07, 6.45) is 2.72. The largest absolute Gasteiger partial charge is 0.356 e. The standard InChI is InChI=1S/C14H25FN4/c1-5-7-16-11-12-6-8-17-14(13(12)15)19(4)10-9-18(2)3/h6,8,16H,5,7,9-11H2,1-4H3. The number of likely N-dealkylation sites (N-methyl/N-ethyl adjacent to an activating group) is 2. The van der Waals surface area contributed by atoms with Gasteiger partial charge < -0.3 is 15.1 Å². The summed E-state index contributed by atoms with van der Waals surface area (Å²) in [7, 11) is 5.88. The molecule has 1 heterocycles. The SMILES string of the molecule is CCCNCc1ccnc(N(C)CCN(C)C)c1F. The lowest BCUT2D eigenvalue weighted by atomic mass is 10.2. The Balaban J connectivity index is 2.70. The van der Waals surface area contributed by atoms with E-state index < -0.39 is 0 Å². The molecule has 19 heavy (non-hydrogen) atoms. The van der Waals surface area contributed by atoms with Gasteiger partial charge in [0.1, 0.15) is 0 Å². The average Bonchev–Trinajstić information content (AvgIpc) is 2.38. The van der Waals surface area contributed by atoms with Gasteiger partial charge in [-0.1, -0.05) is 6.92 Å². The summed E-state index contributed by atoms with van der Waals surface area (Å²) in [6, 6.07) is 1.74. The van der Waals surface area contributed by atoms with Crippen LogP contribution < -0.4 is 10.2 Å². The predicted octanol–water partition coefficient (Wildman–Crippen LogP) is 1.72. The minimum Gasteiger partial charge on any atom is -0.356 e. The van der Waals surface area contributed by atoms with Gasteiger partial charge in [0.15, 0.2) is 11.6 Å². The molecule has 0 bridgehead atoms. The molecule has 0 amide bonds. The van der Waals surface area contributed by atoms with E-state index in [1.807, 2.05) is 26.0 Å². The molecule has 0 saturated heterocycles. The fourth-order valence-electron chi connectivity index (χ4n) is 1.73. The van der Waals surface area contributed by atoms with E-state index in [0.29, 0.717) is 17.9 Å². The minimum absolute atomic E-state index is 0.215. The molecule has 1 aromatic heterocycles. The number of nitrogens with one attached hydrogen (secondary N) is 1. The second-order valence-electron chi connectivity index (χ2n) is 5.01. The monoisotopic (exact) mass is 268 g/mol. The number of hydrogen-bond donors (Lipinski definition) is 1. The highest BCUT2D eigenvalue weighted by Gasteiger charge is 2.13. The Bertz CT molecular complexity index is 382. The summed E-state index contributed by atoms with van der Waals surface area (Å²) in [6.45, 7) is 5.17. The van der Waals surface area contributed by atoms with E-state index in [2.05, 4.69) is 22.1 Å². The summed E-state index contributed by atoms with van der Waals surface area (Å²) >= 11 is 0. The molecule has 1 aromatic rings. The van der Waals surface area contributed by atoms with E-state index in [4.69, 9.17) is 0 Å². The Hall–Kier alpha value is -1.20. The van der Waals surface area contributed by atoms with E-state index in [9.17, 15) is 4.39 Å². The molecular weight excluding hydrogens is 243 g/mol. The van der Waals surface area contributed by atoms with Crippen molar-refractivity contribution in [2.45, 2.75) is 19.9 Å². The molecule has 0 aromatic carbocycles. The number of anilines is 1. The third-order valence-corrected chi connectivity index (χ3v) is 2.94. The Morgan fingerprint density at radius 2 is 2.00 bits per heavy atom. The molecule has 0 spiro atoms. The van der Waals surface area contributed by atoms with Crippen molar-refractivity contribution in [3.63, 3.8) is 0 Å². The van der Waals surface area contributed by atoms with E-state index >= 15 is 0 Å². The maximum absolute atomic E-state index is 14.3. The number of rotatable bonds is 8. The van der Waals surface area contributed by atoms with Crippen LogP contribution in [0.1, 0.15) is 18.9 Å². The van der Waals surface area contributed by atoms with E-state index in [-0.39, 0.29) is 5.82 Å². The van der Waals surface area contributed by atoms with Crippen LogP contribution in [0, 0.1) is 5.82 Å². The molecule has 4 nitrogen and oxygen atoms in total. The van der Waals surface area contributed by atoms with Gasteiger partial charge in [-0.05, 0) is 33.1 Å². The highest BCUT2D eigenvalue weighted by Crippen LogP contribution is 2.18. The van der Waals surface area contributed by atoms with Gasteiger partial charge in [0, 0.05) is 38.4 Å². The number of nitrogens with zero attached hydrogens (tertiary/aromatic N) is 3. The van der Waals surface area contributed by atoms with Crippen LogP contribution in [0.25, 0.3) is 0 Å². The van der Waals surface area contributed by atoms with Gasteiger partial charge in [-0.25, -0.2) is 9.37 Å². The van der Waals surface area contributed by atoms with Gasteiger partial charge >= 0.3 is 0 Å². The zero-order valence-electron chi connectivity index (χ0n) is 12.4. The second-order valence-corrected chi connectivity index (χ2v) is 5.01. The first kappa shape index (κ1) is 15.9. The predicted molar refractivity (Wildman–Crippen MR) is 78.0 cm³/mol. The lowest BCUT2D eigenvalue weighted by molar-refractivity contribution is 0.415. The van der Waals surface area contributed by atoms with Gasteiger partial charge in [-0.3, -0.25) is 0 Å². The van der Waals surface area contributed by atoms with Crippen LogP contribution in [0.4, 0.5) is 10.2 Å². The molecule has 0 fully saturated rings. The summed E-state index contributed by atoms with van der Waals surface area (Å²) in [5.41, 5.74) is 0.676. The molecule has 108 valence electrons. The van der Waals surface area contributed by atoms with Crippen LogP contribution in [0.2, 0.25) is 0 Å². The fourth-order valence-corrected chi connectivity index (χ4v) is 1.73. The first-order chi connectivity index (χ1) is 9.06. The Morgan fingerprint density at radius 3 is 2.63 bits per heavy atom. The van der Waals surface area contributed by atoms with Crippen LogP contribution in [-0.4, -0.2) is 50.7 Å². The molecule has 1 N–H and O–H groups in total. The van der Waals surface area contributed by atoms with Crippen LogP contribution in [0.15, 0.2) is 12.3 Å². The molecular formula is C14H25FN4. The van der Waals surface area contributed by atoms with E-state index in [1.165, 1.54) is 0 Å². The highest BCUT2D eigenvalue weighted by molar-refractivity contribution is 5.42. The number of hydrogen-bond acceptors (Lipinski definition) is 4. The fraction of sp³-hybridized carbons (Fsp3) is 0.643. The van der Waals surface area contributed by atoms with Crippen molar-refractivity contribution in [2.75, 3.05) is 45.7 Å². The second kappa shape index (κ2) is 8.07. The topological polar surface area (TPSA) is 31.4 Å². The lowest BCUT2D eigenvalue weighted by Crippen LogP contribution is -2.30. The van der Waals surface area contributed by atoms with Gasteiger partial charge in [-0.15, -0.1) is 0 Å². The smallest absolute Gasteiger partial charge is 0.170 e. The highest BCUT2D eigenvalue weighted by atomic mass is 19.1. The van der Waals surface area contributed by atoms with Crippen molar-refractivity contribution in [1.82, 2.24) is 15.2 Å². The zero-order chi connectivity index (χ0) is 14.3. The first-order valence-electron chi connectivity index (χ1n) is 6.76. The van der Waals surface area contributed by atoms with Crippen LogP contribution in [-0.2, 0) is 6.54 Å². The third kappa shape index (κ3) is 5.12. The zero-order valence-corrected chi connectivity index (χ0v) is 12.4. The lowest BCUT2D eigenvalue weighted by Gasteiger charge is -2.21. The van der Waals surface area contributed by atoms with Gasteiger partial charge in [0.05, 0.1) is 0 Å². The molecule has 0 aliphatic heterocycles. The molecule has 0 saturated carbocycles. The summed E-state index contributed by atoms with van der Waals surface area (Å²) in [5.74, 6) is 0.213. The molecule has 0 aliphatic carbocycles. The Labute approximate surface area is 115 Å². The van der Waals surface area contributed by atoms with Crippen LogP contribution in [0.5, 0.6) is 0 Å². The van der Waals surface area contributed by atoms with E-state index in [0.717, 1.165) is 26.1 Å². The number of pyridine rings is 1. The Kier molecular flexibility index (Phi) is 6.73. The molecule has 0 aliphatic rings. The van der Waals surface area contributed by atoms with Crippen molar-refractivity contribution in [2.24, 2.45) is 0 Å². The maximum Gasteiger partial charge on any atom is 0.170 e. The molecule has 5 heteroatoms.